The van der Waals surface area contributed by atoms with Gasteiger partial charge in [-0.15, -0.1) is 0 Å². The van der Waals surface area contributed by atoms with Gasteiger partial charge in [0, 0.05) is 0 Å². The van der Waals surface area contributed by atoms with E-state index in [4.69, 9.17) is 0 Å². The first-order chi connectivity index (χ1) is 4.43. The molecule has 0 bridgehead atoms. The average molecular weight is 119 g/mol. The molecule has 0 saturated heterocycles. The fraction of sp³-hybridized carbons (Fsp3) is 0.429. The summed E-state index contributed by atoms with van der Waals surface area (Å²) in [6.07, 6.45) is 6.07. The van der Waals surface area contributed by atoms with Crippen molar-refractivity contribution >= 4 is 6.91 Å². The zero-order chi connectivity index (χ0) is 6.53. The molecule has 0 aromatic carbocycles. The quantitative estimate of drug-likeness (QED) is 0.572. The monoisotopic (exact) mass is 119 g/mol. The Morgan fingerprint density at radius 1 is 1.67 bits per heavy atom. The van der Waals surface area contributed by atoms with Gasteiger partial charge < -0.3 is 0 Å². The summed E-state index contributed by atoms with van der Waals surface area (Å²) in [6, 6.07) is 0. The topological polar surface area (TPSA) is 12.9 Å². The van der Waals surface area contributed by atoms with E-state index in [1.807, 2.05) is 12.2 Å². The van der Waals surface area contributed by atoms with Crippen LogP contribution in [-0.2, 0) is 6.42 Å². The molecule has 1 aromatic heterocycles. The zero-order valence-corrected chi connectivity index (χ0v) is 5.67. The van der Waals surface area contributed by atoms with Crippen molar-refractivity contribution in [1.82, 2.24) is 4.98 Å². The van der Waals surface area contributed by atoms with Crippen LogP contribution in [0, 0.1) is 0 Å². The van der Waals surface area contributed by atoms with Gasteiger partial charge in [0.05, 0.1) is 0 Å². The first kappa shape index (κ1) is 6.46. The molecular formula is C7H10BN. The summed E-state index contributed by atoms with van der Waals surface area (Å²) in [5.41, 5.74) is 1.33. The van der Waals surface area contributed by atoms with Gasteiger partial charge in [0.15, 0.2) is 0 Å². The van der Waals surface area contributed by atoms with E-state index in [0.717, 1.165) is 6.42 Å². The van der Waals surface area contributed by atoms with Crippen molar-refractivity contribution in [3.63, 3.8) is 0 Å². The van der Waals surface area contributed by atoms with E-state index in [0.29, 0.717) is 0 Å². The molecule has 1 heterocycles. The zero-order valence-electron chi connectivity index (χ0n) is 5.67. The van der Waals surface area contributed by atoms with Gasteiger partial charge in [-0.05, 0) is 0 Å². The molecule has 0 amide bonds. The van der Waals surface area contributed by atoms with Crippen molar-refractivity contribution < 1.29 is 0 Å². The number of hydrogen-bond donors (Lipinski definition) is 0. The van der Waals surface area contributed by atoms with Crippen molar-refractivity contribution in [3.8, 4) is 0 Å². The normalized spacial score (nSPS) is 9.00. The second-order valence-electron chi connectivity index (χ2n) is 2.11. The second-order valence-corrected chi connectivity index (χ2v) is 2.11. The Morgan fingerprint density at radius 3 is 3.11 bits per heavy atom. The molecule has 0 saturated carbocycles. The van der Waals surface area contributed by atoms with Crippen LogP contribution in [0.2, 0.25) is 0 Å². The molecule has 46 valence electrons. The van der Waals surface area contributed by atoms with Crippen molar-refractivity contribution in [2.45, 2.75) is 19.8 Å². The van der Waals surface area contributed by atoms with E-state index in [1.54, 1.807) is 6.20 Å². The van der Waals surface area contributed by atoms with Crippen LogP contribution < -0.4 is 0 Å². The molecule has 0 spiro atoms. The molecule has 0 unspecified atom stereocenters. The van der Waals surface area contributed by atoms with Crippen molar-refractivity contribution in [3.05, 3.63) is 23.8 Å². The van der Waals surface area contributed by atoms with Crippen LogP contribution in [0.5, 0.6) is 0 Å². The molecule has 0 atom stereocenters. The summed E-state index contributed by atoms with van der Waals surface area (Å²) in [4.78, 5) is 4.00. The van der Waals surface area contributed by atoms with Crippen LogP contribution in [-0.4, -0.2) is 11.9 Å². The Kier molecular flexibility index (Phi) is 2.43. The van der Waals surface area contributed by atoms with Crippen molar-refractivity contribution in [1.29, 1.82) is 0 Å². The van der Waals surface area contributed by atoms with Gasteiger partial charge in [0.1, 0.15) is 0 Å². The third-order valence-corrected chi connectivity index (χ3v) is 1.26. The summed E-state index contributed by atoms with van der Waals surface area (Å²) >= 11 is 0. The minimum atomic E-state index is 1.15. The molecule has 0 aliphatic carbocycles. The number of aryl methyl sites for hydroxylation is 1. The molecule has 1 aromatic rings. The van der Waals surface area contributed by atoms with Gasteiger partial charge in [-0.25, -0.2) is 0 Å². The number of hydrogen-bond acceptors (Lipinski definition) is 1. The SMILES string of the molecule is CCCc1bccnc1. The third-order valence-electron chi connectivity index (χ3n) is 1.26. The molecule has 0 fully saturated rings. The minimum absolute atomic E-state index is 1.15. The molecule has 1 rings (SSSR count). The van der Waals surface area contributed by atoms with Crippen LogP contribution in [0.25, 0.3) is 0 Å². The van der Waals surface area contributed by atoms with Crippen LogP contribution in [0.4, 0.5) is 0 Å². The van der Waals surface area contributed by atoms with Crippen molar-refractivity contribution in [2.75, 3.05) is 0 Å². The maximum absolute atomic E-state index is 4.00. The molecule has 0 aliphatic heterocycles. The molecular weight excluding hydrogens is 109 g/mol. The number of aromatic nitrogens is 1. The Balaban J connectivity index is 2.61. The first-order valence-electron chi connectivity index (χ1n) is 3.32. The molecule has 0 radical (unpaired) electrons. The first-order valence-corrected chi connectivity index (χ1v) is 3.32. The Bertz CT molecular complexity index is 162. The van der Waals surface area contributed by atoms with Gasteiger partial charge in [0.25, 0.3) is 0 Å². The van der Waals surface area contributed by atoms with E-state index in [9.17, 15) is 0 Å². The van der Waals surface area contributed by atoms with Gasteiger partial charge in [-0.2, -0.15) is 0 Å². The molecule has 2 heteroatoms. The summed E-state index contributed by atoms with van der Waals surface area (Å²) in [5.74, 6) is 1.98. The number of rotatable bonds is 2. The predicted octanol–water partition coefficient (Wildman–Crippen LogP) is 1.37. The third kappa shape index (κ3) is 1.96. The Hall–Kier alpha value is -0.655. The van der Waals surface area contributed by atoms with E-state index in [-0.39, 0.29) is 0 Å². The summed E-state index contributed by atoms with van der Waals surface area (Å²) in [5, 5.41) is 0. The van der Waals surface area contributed by atoms with Crippen LogP contribution in [0.3, 0.4) is 0 Å². The molecule has 0 aliphatic rings. The Labute approximate surface area is 56.3 Å². The predicted molar refractivity (Wildman–Crippen MR) is 39.6 cm³/mol. The fourth-order valence-electron chi connectivity index (χ4n) is 0.835. The molecule has 9 heavy (non-hydrogen) atoms. The average Bonchev–Trinajstić information content (AvgIpc) is 1.91. The van der Waals surface area contributed by atoms with E-state index in [1.165, 1.54) is 11.9 Å². The van der Waals surface area contributed by atoms with E-state index >= 15 is 0 Å². The van der Waals surface area contributed by atoms with Crippen LogP contribution in [0.1, 0.15) is 18.8 Å². The number of nitrogens with zero attached hydrogens (tertiary/aromatic N) is 1. The van der Waals surface area contributed by atoms with Crippen LogP contribution in [0.15, 0.2) is 18.4 Å². The van der Waals surface area contributed by atoms with Gasteiger partial charge >= 0.3 is 55.5 Å². The van der Waals surface area contributed by atoms with Crippen molar-refractivity contribution in [2.24, 2.45) is 0 Å². The van der Waals surface area contributed by atoms with E-state index < -0.39 is 0 Å². The summed E-state index contributed by atoms with van der Waals surface area (Å²) in [6.45, 7) is 4.28. The Morgan fingerprint density at radius 2 is 2.56 bits per heavy atom. The second kappa shape index (κ2) is 3.39. The fourth-order valence-corrected chi connectivity index (χ4v) is 0.835. The maximum atomic E-state index is 4.00. The standard InChI is InChI=1S/C7H10BN/c1-2-3-7-6-9-5-4-8-7/h4-6H,2-3H2,1H3. The van der Waals surface area contributed by atoms with Gasteiger partial charge in [0.2, 0.25) is 0 Å². The van der Waals surface area contributed by atoms with Gasteiger partial charge in [-0.3, -0.25) is 0 Å². The van der Waals surface area contributed by atoms with E-state index in [2.05, 4.69) is 18.8 Å². The summed E-state index contributed by atoms with van der Waals surface area (Å²) in [7, 11) is 0. The molecule has 1 nitrogen and oxygen atoms in total. The molecule has 0 N–H and O–H groups in total. The van der Waals surface area contributed by atoms with Crippen LogP contribution >= 0.6 is 0 Å². The summed E-state index contributed by atoms with van der Waals surface area (Å²) < 4.78 is 0. The van der Waals surface area contributed by atoms with Gasteiger partial charge in [-0.1, -0.05) is 0 Å².